The van der Waals surface area contributed by atoms with Crippen LogP contribution in [0.4, 0.5) is 0 Å². The Balaban J connectivity index is 2.58. The summed E-state index contributed by atoms with van der Waals surface area (Å²) >= 11 is 4.83. The molecule has 5 heteroatoms. The van der Waals surface area contributed by atoms with Gasteiger partial charge in [0.1, 0.15) is 0 Å². The van der Waals surface area contributed by atoms with Crippen molar-refractivity contribution in [2.24, 2.45) is 5.10 Å². The fourth-order valence-electron chi connectivity index (χ4n) is 0.865. The summed E-state index contributed by atoms with van der Waals surface area (Å²) in [5.74, 6) is 0. The number of hydrogen-bond donors (Lipinski definition) is 2. The first-order valence-electron chi connectivity index (χ1n) is 4.27. The minimum atomic E-state index is 0.458. The van der Waals surface area contributed by atoms with Gasteiger partial charge in [-0.3, -0.25) is 5.43 Å². The van der Waals surface area contributed by atoms with Crippen LogP contribution in [0.25, 0.3) is 0 Å². The lowest BCUT2D eigenvalue weighted by Gasteiger charge is -1.99. The summed E-state index contributed by atoms with van der Waals surface area (Å²) in [7, 11) is 1.71. The Kier molecular flexibility index (Phi) is 4.26. The van der Waals surface area contributed by atoms with Gasteiger partial charge in [-0.05, 0) is 29.9 Å². The molecule has 1 aromatic rings. The third-order valence-corrected chi connectivity index (χ3v) is 1.94. The predicted octanol–water partition coefficient (Wildman–Crippen LogP) is 0.986. The average molecular weight is 218 g/mol. The van der Waals surface area contributed by atoms with Gasteiger partial charge in [-0.15, -0.1) is 0 Å². The lowest BCUT2D eigenvalue weighted by molar-refractivity contribution is 0.982. The molecule has 0 fully saturated rings. The van der Waals surface area contributed by atoms with Crippen LogP contribution < -0.4 is 10.7 Å². The molecule has 2 N–H and O–H groups in total. The normalized spacial score (nSPS) is 9.60. The second kappa shape index (κ2) is 5.73. The van der Waals surface area contributed by atoms with Crippen LogP contribution in [0.5, 0.6) is 0 Å². The molecule has 1 rings (SSSR count). The van der Waals surface area contributed by atoms with Gasteiger partial charge < -0.3 is 5.32 Å². The number of nitrogens with zero attached hydrogens (tertiary/aromatic N) is 2. The van der Waals surface area contributed by atoms with Crippen LogP contribution in [0.1, 0.15) is 11.1 Å². The molecule has 0 spiro atoms. The Hall–Kier alpha value is -1.93. The smallest absolute Gasteiger partial charge is 0.186 e. The van der Waals surface area contributed by atoms with Crippen molar-refractivity contribution in [2.45, 2.75) is 0 Å². The fourth-order valence-corrected chi connectivity index (χ4v) is 0.918. The molecular weight excluding hydrogens is 208 g/mol. The molecule has 0 saturated heterocycles. The van der Waals surface area contributed by atoms with Crippen molar-refractivity contribution in [1.29, 1.82) is 5.26 Å². The number of nitrogens with one attached hydrogen (secondary N) is 2. The van der Waals surface area contributed by atoms with E-state index in [2.05, 4.69) is 15.8 Å². The zero-order valence-corrected chi connectivity index (χ0v) is 9.01. The summed E-state index contributed by atoms with van der Waals surface area (Å²) in [5, 5.41) is 15.7. The third kappa shape index (κ3) is 3.75. The van der Waals surface area contributed by atoms with Crippen molar-refractivity contribution in [3.63, 3.8) is 0 Å². The highest BCUT2D eigenvalue weighted by Crippen LogP contribution is 2.00. The zero-order chi connectivity index (χ0) is 11.1. The molecule has 0 radical (unpaired) electrons. The number of hydrogen-bond acceptors (Lipinski definition) is 3. The molecule has 0 aliphatic rings. The predicted molar refractivity (Wildman–Crippen MR) is 63.5 cm³/mol. The minimum absolute atomic E-state index is 0.458. The molecule has 0 aliphatic carbocycles. The van der Waals surface area contributed by atoms with Crippen molar-refractivity contribution in [2.75, 3.05) is 7.05 Å². The molecular formula is C10H10N4S. The lowest BCUT2D eigenvalue weighted by atomic mass is 10.2. The van der Waals surface area contributed by atoms with Crippen LogP contribution in [0.3, 0.4) is 0 Å². The monoisotopic (exact) mass is 218 g/mol. The summed E-state index contributed by atoms with van der Waals surface area (Å²) in [6.07, 6.45) is 1.63. The van der Waals surface area contributed by atoms with Crippen LogP contribution in [0.2, 0.25) is 0 Å². The molecule has 0 atom stereocenters. The molecule has 0 aromatic heterocycles. The van der Waals surface area contributed by atoms with Crippen LogP contribution in [-0.2, 0) is 0 Å². The highest BCUT2D eigenvalue weighted by Gasteiger charge is 1.90. The average Bonchev–Trinajstić information content (AvgIpc) is 2.29. The van der Waals surface area contributed by atoms with Crippen molar-refractivity contribution >= 4 is 23.5 Å². The Morgan fingerprint density at radius 2 is 2.13 bits per heavy atom. The second-order valence-electron chi connectivity index (χ2n) is 2.68. The first-order chi connectivity index (χ1) is 7.26. The first kappa shape index (κ1) is 11.1. The summed E-state index contributed by atoms with van der Waals surface area (Å²) in [4.78, 5) is 0. The maximum Gasteiger partial charge on any atom is 0.186 e. The van der Waals surface area contributed by atoms with Crippen molar-refractivity contribution in [3.05, 3.63) is 35.4 Å². The third-order valence-electron chi connectivity index (χ3n) is 1.65. The van der Waals surface area contributed by atoms with E-state index in [9.17, 15) is 0 Å². The number of benzene rings is 1. The first-order valence-corrected chi connectivity index (χ1v) is 4.68. The van der Waals surface area contributed by atoms with E-state index in [0.717, 1.165) is 5.56 Å². The molecule has 15 heavy (non-hydrogen) atoms. The Morgan fingerprint density at radius 3 is 2.67 bits per heavy atom. The number of nitriles is 1. The molecule has 0 heterocycles. The van der Waals surface area contributed by atoms with Crippen molar-refractivity contribution in [1.82, 2.24) is 10.7 Å². The molecule has 76 valence electrons. The van der Waals surface area contributed by atoms with E-state index < -0.39 is 0 Å². The standard InChI is InChI=1S/C10H10N4S/c1-12-10(15)14-13-7-9-4-2-8(6-11)3-5-9/h2-5,7H,1H3,(H2,12,14,15). The van der Waals surface area contributed by atoms with Gasteiger partial charge in [0.15, 0.2) is 5.11 Å². The molecule has 0 saturated carbocycles. The Morgan fingerprint density at radius 1 is 1.47 bits per heavy atom. The van der Waals surface area contributed by atoms with E-state index in [1.165, 1.54) is 0 Å². The lowest BCUT2D eigenvalue weighted by Crippen LogP contribution is -2.28. The minimum Gasteiger partial charge on any atom is -0.364 e. The van der Waals surface area contributed by atoms with E-state index in [4.69, 9.17) is 17.5 Å². The Bertz CT molecular complexity index is 402. The fraction of sp³-hybridized carbons (Fsp3) is 0.100. The molecule has 0 unspecified atom stereocenters. The van der Waals surface area contributed by atoms with Crippen LogP contribution in [0.15, 0.2) is 29.4 Å². The van der Waals surface area contributed by atoms with Gasteiger partial charge in [-0.2, -0.15) is 10.4 Å². The van der Waals surface area contributed by atoms with Crippen LogP contribution >= 0.6 is 12.2 Å². The van der Waals surface area contributed by atoms with Gasteiger partial charge in [0, 0.05) is 7.05 Å². The Labute approximate surface area is 93.6 Å². The summed E-state index contributed by atoms with van der Waals surface area (Å²) < 4.78 is 0. The zero-order valence-electron chi connectivity index (χ0n) is 8.19. The SMILES string of the molecule is CNC(=S)NN=Cc1ccc(C#N)cc1. The molecule has 0 amide bonds. The van der Waals surface area contributed by atoms with Crippen molar-refractivity contribution < 1.29 is 0 Å². The highest BCUT2D eigenvalue weighted by atomic mass is 32.1. The van der Waals surface area contributed by atoms with E-state index in [0.29, 0.717) is 10.7 Å². The van der Waals surface area contributed by atoms with Gasteiger partial charge in [0.2, 0.25) is 0 Å². The summed E-state index contributed by atoms with van der Waals surface area (Å²) in [6.45, 7) is 0. The summed E-state index contributed by atoms with van der Waals surface area (Å²) in [5.41, 5.74) is 4.17. The van der Waals surface area contributed by atoms with E-state index in [-0.39, 0.29) is 0 Å². The number of thiocarbonyl (C=S) groups is 1. The van der Waals surface area contributed by atoms with E-state index >= 15 is 0 Å². The molecule has 4 nitrogen and oxygen atoms in total. The summed E-state index contributed by atoms with van der Waals surface area (Å²) in [6, 6.07) is 9.14. The largest absolute Gasteiger partial charge is 0.364 e. The van der Waals surface area contributed by atoms with Gasteiger partial charge >= 0.3 is 0 Å². The van der Waals surface area contributed by atoms with E-state index in [1.807, 2.05) is 18.2 Å². The number of hydrazone groups is 1. The maximum atomic E-state index is 8.59. The van der Waals surface area contributed by atoms with Gasteiger partial charge in [0.25, 0.3) is 0 Å². The molecule has 1 aromatic carbocycles. The van der Waals surface area contributed by atoms with Gasteiger partial charge in [-0.25, -0.2) is 0 Å². The van der Waals surface area contributed by atoms with E-state index in [1.54, 1.807) is 25.4 Å². The quantitative estimate of drug-likeness (QED) is 0.441. The number of rotatable bonds is 2. The highest BCUT2D eigenvalue weighted by molar-refractivity contribution is 7.80. The van der Waals surface area contributed by atoms with Crippen molar-refractivity contribution in [3.8, 4) is 6.07 Å². The van der Waals surface area contributed by atoms with Crippen LogP contribution in [-0.4, -0.2) is 18.4 Å². The molecule has 0 aliphatic heterocycles. The topological polar surface area (TPSA) is 60.2 Å². The van der Waals surface area contributed by atoms with Gasteiger partial charge in [0.05, 0.1) is 17.8 Å². The van der Waals surface area contributed by atoms with Gasteiger partial charge in [-0.1, -0.05) is 12.1 Å². The van der Waals surface area contributed by atoms with Crippen LogP contribution in [0, 0.1) is 11.3 Å². The molecule has 0 bridgehead atoms. The maximum absolute atomic E-state index is 8.59. The second-order valence-corrected chi connectivity index (χ2v) is 3.09.